The molecule has 0 heterocycles. The Kier molecular flexibility index (Phi) is 3.78. The average molecular weight is 312 g/mol. The molecule has 0 aliphatic heterocycles. The molecule has 0 aliphatic carbocycles. The van der Waals surface area contributed by atoms with Crippen LogP contribution in [0.5, 0.6) is 0 Å². The predicted octanol–water partition coefficient (Wildman–Crippen LogP) is 4.08. The van der Waals surface area contributed by atoms with Crippen molar-refractivity contribution in [2.24, 2.45) is 5.73 Å². The zero-order chi connectivity index (χ0) is 13.3. The van der Waals surface area contributed by atoms with Gasteiger partial charge in [0.25, 0.3) is 0 Å². The quantitative estimate of drug-likeness (QED) is 0.888. The van der Waals surface area contributed by atoms with Crippen molar-refractivity contribution in [2.45, 2.75) is 13.0 Å². The van der Waals surface area contributed by atoms with E-state index in [1.807, 2.05) is 25.1 Å². The van der Waals surface area contributed by atoms with Crippen LogP contribution in [0.1, 0.15) is 22.7 Å². The van der Waals surface area contributed by atoms with Crippen molar-refractivity contribution in [2.75, 3.05) is 0 Å². The molecular weight excluding hydrogens is 300 g/mol. The van der Waals surface area contributed by atoms with Crippen molar-refractivity contribution in [3.8, 4) is 0 Å². The number of rotatable bonds is 2. The Balaban J connectivity index is 2.48. The zero-order valence-corrected chi connectivity index (χ0v) is 11.3. The summed E-state index contributed by atoms with van der Waals surface area (Å²) in [5.41, 5.74) is 8.11. The van der Waals surface area contributed by atoms with E-state index < -0.39 is 17.7 Å². The normalized spacial score (nSPS) is 12.5. The molecule has 0 saturated heterocycles. The van der Waals surface area contributed by atoms with E-state index in [1.54, 1.807) is 0 Å². The summed E-state index contributed by atoms with van der Waals surface area (Å²) in [6.07, 6.45) is 0. The third-order valence-electron chi connectivity index (χ3n) is 2.94. The van der Waals surface area contributed by atoms with Crippen LogP contribution in [-0.4, -0.2) is 0 Å². The van der Waals surface area contributed by atoms with Crippen LogP contribution < -0.4 is 5.73 Å². The van der Waals surface area contributed by atoms with Gasteiger partial charge in [0, 0.05) is 16.1 Å². The summed E-state index contributed by atoms with van der Waals surface area (Å²) in [5.74, 6) is -1.23. The van der Waals surface area contributed by atoms with Crippen LogP contribution in [0.4, 0.5) is 8.78 Å². The summed E-state index contributed by atoms with van der Waals surface area (Å²) >= 11 is 3.41. The molecule has 0 radical (unpaired) electrons. The van der Waals surface area contributed by atoms with E-state index in [2.05, 4.69) is 15.9 Å². The van der Waals surface area contributed by atoms with Crippen molar-refractivity contribution in [3.63, 3.8) is 0 Å². The summed E-state index contributed by atoms with van der Waals surface area (Å²) in [6.45, 7) is 1.90. The van der Waals surface area contributed by atoms with E-state index in [0.717, 1.165) is 21.7 Å². The Morgan fingerprint density at radius 2 is 1.83 bits per heavy atom. The molecule has 2 aromatic carbocycles. The highest BCUT2D eigenvalue weighted by Crippen LogP contribution is 2.28. The highest BCUT2D eigenvalue weighted by Gasteiger charge is 2.16. The maximum Gasteiger partial charge on any atom is 0.131 e. The fraction of sp³-hybridized carbons (Fsp3) is 0.143. The summed E-state index contributed by atoms with van der Waals surface area (Å²) in [4.78, 5) is 0. The fourth-order valence-corrected chi connectivity index (χ4v) is 2.26. The first-order valence-electron chi connectivity index (χ1n) is 5.46. The minimum absolute atomic E-state index is 0.289. The minimum atomic E-state index is -0.623. The lowest BCUT2D eigenvalue weighted by atomic mass is 9.95. The molecular formula is C14H12BrF2N. The van der Waals surface area contributed by atoms with Crippen LogP contribution >= 0.6 is 15.9 Å². The van der Waals surface area contributed by atoms with Gasteiger partial charge in [-0.05, 0) is 30.2 Å². The predicted molar refractivity (Wildman–Crippen MR) is 71.3 cm³/mol. The first kappa shape index (κ1) is 13.2. The molecule has 0 aromatic heterocycles. The van der Waals surface area contributed by atoms with Crippen molar-refractivity contribution < 1.29 is 8.78 Å². The summed E-state index contributed by atoms with van der Waals surface area (Å²) in [6, 6.07) is 8.42. The number of halogens is 3. The maximum atomic E-state index is 13.7. The molecule has 0 fully saturated rings. The SMILES string of the molecule is Cc1c(Br)cccc1C(N)c1ccc(F)cc1F. The Hall–Kier alpha value is -1.26. The van der Waals surface area contributed by atoms with Gasteiger partial charge in [-0.15, -0.1) is 0 Å². The van der Waals surface area contributed by atoms with Crippen LogP contribution in [0.3, 0.4) is 0 Å². The van der Waals surface area contributed by atoms with Crippen molar-refractivity contribution in [3.05, 3.63) is 69.2 Å². The second-order valence-corrected chi connectivity index (χ2v) is 4.95. The summed E-state index contributed by atoms with van der Waals surface area (Å²) in [5, 5.41) is 0. The molecule has 1 atom stereocenters. The Morgan fingerprint density at radius 3 is 2.50 bits per heavy atom. The third-order valence-corrected chi connectivity index (χ3v) is 3.80. The maximum absolute atomic E-state index is 13.7. The lowest BCUT2D eigenvalue weighted by Crippen LogP contribution is -2.15. The van der Waals surface area contributed by atoms with Crippen LogP contribution in [0.15, 0.2) is 40.9 Å². The van der Waals surface area contributed by atoms with Crippen LogP contribution in [0.2, 0.25) is 0 Å². The third kappa shape index (κ3) is 2.44. The fourth-order valence-electron chi connectivity index (χ4n) is 1.88. The highest BCUT2D eigenvalue weighted by atomic mass is 79.9. The lowest BCUT2D eigenvalue weighted by molar-refractivity contribution is 0.565. The molecule has 0 bridgehead atoms. The molecule has 2 N–H and O–H groups in total. The monoisotopic (exact) mass is 311 g/mol. The van der Waals surface area contributed by atoms with Gasteiger partial charge in [0.1, 0.15) is 11.6 Å². The van der Waals surface area contributed by atoms with Gasteiger partial charge in [0.2, 0.25) is 0 Å². The molecule has 4 heteroatoms. The summed E-state index contributed by atoms with van der Waals surface area (Å²) in [7, 11) is 0. The van der Waals surface area contributed by atoms with Gasteiger partial charge in [0.15, 0.2) is 0 Å². The van der Waals surface area contributed by atoms with Crippen LogP contribution in [-0.2, 0) is 0 Å². The molecule has 0 saturated carbocycles. The van der Waals surface area contributed by atoms with Gasteiger partial charge in [-0.3, -0.25) is 0 Å². The molecule has 1 nitrogen and oxygen atoms in total. The lowest BCUT2D eigenvalue weighted by Gasteiger charge is -2.16. The second kappa shape index (κ2) is 5.16. The van der Waals surface area contributed by atoms with Crippen molar-refractivity contribution in [1.82, 2.24) is 0 Å². The van der Waals surface area contributed by atoms with Gasteiger partial charge in [0.05, 0.1) is 6.04 Å². The number of benzene rings is 2. The first-order valence-corrected chi connectivity index (χ1v) is 6.25. The Labute approximate surface area is 113 Å². The van der Waals surface area contributed by atoms with Gasteiger partial charge < -0.3 is 5.73 Å². The highest BCUT2D eigenvalue weighted by molar-refractivity contribution is 9.10. The molecule has 18 heavy (non-hydrogen) atoms. The van der Waals surface area contributed by atoms with Gasteiger partial charge in [-0.25, -0.2) is 8.78 Å². The molecule has 2 aromatic rings. The van der Waals surface area contributed by atoms with E-state index >= 15 is 0 Å². The van der Waals surface area contributed by atoms with Gasteiger partial charge >= 0.3 is 0 Å². The minimum Gasteiger partial charge on any atom is -0.320 e. The topological polar surface area (TPSA) is 26.0 Å². The molecule has 0 spiro atoms. The van der Waals surface area contributed by atoms with Gasteiger partial charge in [-0.1, -0.05) is 34.1 Å². The van der Waals surface area contributed by atoms with E-state index in [0.29, 0.717) is 0 Å². The molecule has 0 aliphatic rings. The number of nitrogens with two attached hydrogens (primary N) is 1. The van der Waals surface area contributed by atoms with E-state index in [1.165, 1.54) is 12.1 Å². The second-order valence-electron chi connectivity index (χ2n) is 4.10. The largest absolute Gasteiger partial charge is 0.320 e. The zero-order valence-electron chi connectivity index (χ0n) is 9.75. The molecule has 2 rings (SSSR count). The molecule has 94 valence electrons. The first-order chi connectivity index (χ1) is 8.50. The molecule has 1 unspecified atom stereocenters. The van der Waals surface area contributed by atoms with Crippen molar-refractivity contribution >= 4 is 15.9 Å². The Morgan fingerprint density at radius 1 is 1.11 bits per heavy atom. The average Bonchev–Trinajstić information content (AvgIpc) is 2.32. The summed E-state index contributed by atoms with van der Waals surface area (Å²) < 4.78 is 27.5. The van der Waals surface area contributed by atoms with Crippen LogP contribution in [0, 0.1) is 18.6 Å². The smallest absolute Gasteiger partial charge is 0.131 e. The molecule has 0 amide bonds. The number of hydrogen-bond donors (Lipinski definition) is 1. The van der Waals surface area contributed by atoms with E-state index in [9.17, 15) is 8.78 Å². The number of hydrogen-bond acceptors (Lipinski definition) is 1. The van der Waals surface area contributed by atoms with Crippen LogP contribution in [0.25, 0.3) is 0 Å². The van der Waals surface area contributed by atoms with E-state index in [4.69, 9.17) is 5.73 Å². The Bertz CT molecular complexity index is 584. The van der Waals surface area contributed by atoms with Crippen molar-refractivity contribution in [1.29, 1.82) is 0 Å². The van der Waals surface area contributed by atoms with E-state index in [-0.39, 0.29) is 5.56 Å². The van der Waals surface area contributed by atoms with Gasteiger partial charge in [-0.2, -0.15) is 0 Å². The standard InChI is InChI=1S/C14H12BrF2N/c1-8-10(3-2-4-12(8)15)14(18)11-6-5-9(16)7-13(11)17/h2-7,14H,18H2,1H3.